The van der Waals surface area contributed by atoms with Crippen LogP contribution in [-0.4, -0.2) is 45.8 Å². The molecule has 28 heavy (non-hydrogen) atoms. The second-order valence-corrected chi connectivity index (χ2v) is 8.91. The molecule has 6 nitrogen and oxygen atoms in total. The summed E-state index contributed by atoms with van der Waals surface area (Å²) in [5, 5.41) is 3.95. The average Bonchev–Trinajstić information content (AvgIpc) is 3.64. The fourth-order valence-corrected chi connectivity index (χ4v) is 4.45. The maximum absolute atomic E-state index is 12.9. The molecule has 5 rings (SSSR count). The Morgan fingerprint density at radius 3 is 2.64 bits per heavy atom. The number of carbonyl (C=O) groups excluding carboxylic acids is 2. The van der Waals surface area contributed by atoms with E-state index in [9.17, 15) is 9.59 Å². The number of H-pyrrole nitrogens is 1. The van der Waals surface area contributed by atoms with Crippen molar-refractivity contribution >= 4 is 22.7 Å². The predicted octanol–water partition coefficient (Wildman–Crippen LogP) is 3.35. The summed E-state index contributed by atoms with van der Waals surface area (Å²) in [6, 6.07) is 3.48. The van der Waals surface area contributed by atoms with Gasteiger partial charge >= 0.3 is 0 Å². The zero-order valence-corrected chi connectivity index (χ0v) is 16.5. The van der Waals surface area contributed by atoms with Crippen LogP contribution in [0, 0.1) is 5.41 Å². The van der Waals surface area contributed by atoms with Gasteiger partial charge in [0.05, 0.1) is 11.7 Å². The maximum atomic E-state index is 12.9. The van der Waals surface area contributed by atoms with E-state index in [4.69, 9.17) is 0 Å². The molecule has 0 unspecified atom stereocenters. The molecule has 2 aliphatic carbocycles. The van der Waals surface area contributed by atoms with E-state index >= 15 is 0 Å². The average molecular weight is 380 g/mol. The molecule has 6 heteroatoms. The second-order valence-electron chi connectivity index (χ2n) is 8.91. The van der Waals surface area contributed by atoms with E-state index in [0.717, 1.165) is 42.5 Å². The number of likely N-dealkylation sites (tertiary alicyclic amines) is 1. The third-order valence-electron chi connectivity index (χ3n) is 6.87. The highest BCUT2D eigenvalue weighted by atomic mass is 16.2. The molecular weight excluding hydrogens is 352 g/mol. The van der Waals surface area contributed by atoms with E-state index < -0.39 is 6.04 Å². The molecule has 1 aliphatic heterocycles. The predicted molar refractivity (Wildman–Crippen MR) is 107 cm³/mol. The van der Waals surface area contributed by atoms with E-state index in [0.29, 0.717) is 23.4 Å². The van der Waals surface area contributed by atoms with Gasteiger partial charge in [-0.25, -0.2) is 0 Å². The van der Waals surface area contributed by atoms with Crippen LogP contribution in [0.3, 0.4) is 0 Å². The normalized spacial score (nSPS) is 21.7. The third kappa shape index (κ3) is 3.29. The first kappa shape index (κ1) is 17.7. The summed E-state index contributed by atoms with van der Waals surface area (Å²) in [6.07, 6.45) is 9.68. The van der Waals surface area contributed by atoms with Gasteiger partial charge < -0.3 is 15.2 Å². The quantitative estimate of drug-likeness (QED) is 0.835. The first-order chi connectivity index (χ1) is 13.6. The number of nitrogens with one attached hydrogen (secondary N) is 2. The van der Waals surface area contributed by atoms with Crippen molar-refractivity contribution in [3.05, 3.63) is 29.7 Å². The molecule has 2 amide bonds. The highest BCUT2D eigenvalue weighted by Crippen LogP contribution is 2.53. The first-order valence-electron chi connectivity index (χ1n) is 10.7. The number of carbonyl (C=O) groups is 2. The third-order valence-corrected chi connectivity index (χ3v) is 6.87. The summed E-state index contributed by atoms with van der Waals surface area (Å²) >= 11 is 0. The smallest absolute Gasteiger partial charge is 0.268 e. The van der Waals surface area contributed by atoms with E-state index in [1.165, 1.54) is 25.7 Å². The number of amides is 2. The number of fused-ring (bicyclic) bond motifs is 1. The summed E-state index contributed by atoms with van der Waals surface area (Å²) < 4.78 is 0. The highest BCUT2D eigenvalue weighted by molar-refractivity contribution is 6.00. The van der Waals surface area contributed by atoms with Crippen molar-refractivity contribution in [1.29, 1.82) is 0 Å². The van der Waals surface area contributed by atoms with Crippen molar-refractivity contribution in [3.63, 3.8) is 0 Å². The van der Waals surface area contributed by atoms with Crippen LogP contribution in [0.15, 0.2) is 18.3 Å². The Kier molecular flexibility index (Phi) is 4.18. The lowest BCUT2D eigenvalue weighted by atomic mass is 9.93. The molecule has 3 fully saturated rings. The van der Waals surface area contributed by atoms with Crippen molar-refractivity contribution in [1.82, 2.24) is 20.2 Å². The number of hydrogen-bond donors (Lipinski definition) is 2. The molecule has 3 heterocycles. The molecule has 1 saturated heterocycles. The summed E-state index contributed by atoms with van der Waals surface area (Å²) in [4.78, 5) is 35.3. The van der Waals surface area contributed by atoms with E-state index in [-0.39, 0.29) is 11.8 Å². The topological polar surface area (TPSA) is 78.1 Å². The molecule has 0 bridgehead atoms. The van der Waals surface area contributed by atoms with Crippen LogP contribution < -0.4 is 5.32 Å². The van der Waals surface area contributed by atoms with Crippen LogP contribution in [0.5, 0.6) is 0 Å². The lowest BCUT2D eigenvalue weighted by molar-refractivity contribution is -0.134. The van der Waals surface area contributed by atoms with Crippen molar-refractivity contribution in [2.24, 2.45) is 5.41 Å². The number of rotatable bonds is 5. The van der Waals surface area contributed by atoms with Crippen molar-refractivity contribution in [2.45, 2.75) is 63.8 Å². The largest absolute Gasteiger partial charge is 0.349 e. The standard InChI is InChI=1S/C22H28N4O2/c1-2-16(21(28)26-9-7-22(5-6-22)8-10-26)25-20(27)18-12-15-11-17(14-3-4-14)23-13-19(15)24-18/h11-14,16,24H,2-10H2,1H3,(H,25,27)/t16-/m0/s1. The van der Waals surface area contributed by atoms with Gasteiger partial charge in [-0.1, -0.05) is 6.92 Å². The maximum Gasteiger partial charge on any atom is 0.268 e. The number of nitrogens with zero attached hydrogens (tertiary/aromatic N) is 2. The minimum absolute atomic E-state index is 0.0557. The van der Waals surface area contributed by atoms with Crippen LogP contribution in [0.1, 0.15) is 74.0 Å². The van der Waals surface area contributed by atoms with Gasteiger partial charge in [-0.3, -0.25) is 14.6 Å². The Bertz CT molecular complexity index is 916. The monoisotopic (exact) mass is 380 g/mol. The summed E-state index contributed by atoms with van der Waals surface area (Å²) in [7, 11) is 0. The molecule has 2 aromatic rings. The number of pyridine rings is 1. The highest BCUT2D eigenvalue weighted by Gasteiger charge is 2.45. The first-order valence-corrected chi connectivity index (χ1v) is 10.7. The number of hydrogen-bond acceptors (Lipinski definition) is 3. The number of aromatic nitrogens is 2. The fourth-order valence-electron chi connectivity index (χ4n) is 4.45. The summed E-state index contributed by atoms with van der Waals surface area (Å²) in [6.45, 7) is 3.60. The molecule has 3 aliphatic rings. The molecule has 1 atom stereocenters. The van der Waals surface area contributed by atoms with Crippen LogP contribution in [0.2, 0.25) is 0 Å². The van der Waals surface area contributed by atoms with Gasteiger partial charge in [0.1, 0.15) is 11.7 Å². The van der Waals surface area contributed by atoms with Gasteiger partial charge in [-0.2, -0.15) is 0 Å². The SMILES string of the molecule is CC[C@H](NC(=O)c1cc2cc(C3CC3)ncc2[nH]1)C(=O)N1CCC2(CC1)CC2. The van der Waals surface area contributed by atoms with Crippen molar-refractivity contribution < 1.29 is 9.59 Å². The number of aromatic amines is 1. The van der Waals surface area contributed by atoms with E-state index in [1.807, 2.05) is 24.1 Å². The minimum atomic E-state index is -0.465. The Balaban J connectivity index is 1.26. The van der Waals surface area contributed by atoms with E-state index in [1.54, 1.807) is 0 Å². The Morgan fingerprint density at radius 1 is 1.25 bits per heavy atom. The molecule has 148 valence electrons. The fraction of sp³-hybridized carbons (Fsp3) is 0.591. The van der Waals surface area contributed by atoms with Gasteiger partial charge in [0, 0.05) is 30.1 Å². The molecular formula is C22H28N4O2. The molecule has 0 aromatic carbocycles. The van der Waals surface area contributed by atoms with Crippen LogP contribution in [0.25, 0.3) is 10.9 Å². The Labute approximate surface area is 165 Å². The summed E-state index contributed by atoms with van der Waals surface area (Å²) in [5.74, 6) is 0.415. The lowest BCUT2D eigenvalue weighted by Crippen LogP contribution is -2.50. The van der Waals surface area contributed by atoms with E-state index in [2.05, 4.69) is 21.4 Å². The summed E-state index contributed by atoms with van der Waals surface area (Å²) in [5.41, 5.74) is 3.00. The zero-order chi connectivity index (χ0) is 19.3. The zero-order valence-electron chi connectivity index (χ0n) is 16.5. The van der Waals surface area contributed by atoms with Crippen molar-refractivity contribution in [3.8, 4) is 0 Å². The van der Waals surface area contributed by atoms with Crippen molar-refractivity contribution in [2.75, 3.05) is 13.1 Å². The molecule has 2 N–H and O–H groups in total. The number of piperidine rings is 1. The minimum Gasteiger partial charge on any atom is -0.349 e. The molecule has 2 aromatic heterocycles. The van der Waals surface area contributed by atoms with Gasteiger partial charge in [0.15, 0.2) is 0 Å². The Morgan fingerprint density at radius 2 is 2.00 bits per heavy atom. The van der Waals surface area contributed by atoms with Gasteiger partial charge in [-0.15, -0.1) is 0 Å². The molecule has 2 saturated carbocycles. The second kappa shape index (κ2) is 6.61. The lowest BCUT2D eigenvalue weighted by Gasteiger charge is -2.34. The van der Waals surface area contributed by atoms with Gasteiger partial charge in [-0.05, 0) is 62.5 Å². The van der Waals surface area contributed by atoms with Crippen LogP contribution in [0.4, 0.5) is 0 Å². The van der Waals surface area contributed by atoms with Gasteiger partial charge in [0.25, 0.3) is 5.91 Å². The van der Waals surface area contributed by atoms with Crippen LogP contribution in [-0.2, 0) is 4.79 Å². The molecule has 0 radical (unpaired) electrons. The Hall–Kier alpha value is -2.37. The van der Waals surface area contributed by atoms with Crippen LogP contribution >= 0.6 is 0 Å². The molecule has 1 spiro atoms. The van der Waals surface area contributed by atoms with Gasteiger partial charge in [0.2, 0.25) is 5.91 Å².